The zero-order chi connectivity index (χ0) is 13.1. The SMILES string of the molecule is Cc1cc(Cl)c(C(=O)N(C)Cc2ccoc2)cn1. The average molecular weight is 265 g/mol. The molecule has 2 aromatic heterocycles. The molecule has 0 N–H and O–H groups in total. The molecule has 18 heavy (non-hydrogen) atoms. The van der Waals surface area contributed by atoms with Crippen LogP contribution in [0.15, 0.2) is 35.3 Å². The Morgan fingerprint density at radius 2 is 2.33 bits per heavy atom. The Morgan fingerprint density at radius 1 is 1.56 bits per heavy atom. The third kappa shape index (κ3) is 2.71. The second-order valence-electron chi connectivity index (χ2n) is 4.10. The van der Waals surface area contributed by atoms with Gasteiger partial charge in [0.25, 0.3) is 5.91 Å². The van der Waals surface area contributed by atoms with E-state index in [0.29, 0.717) is 17.1 Å². The molecule has 1 amide bonds. The summed E-state index contributed by atoms with van der Waals surface area (Å²) in [5.74, 6) is -0.159. The summed E-state index contributed by atoms with van der Waals surface area (Å²) in [6.45, 7) is 2.30. The van der Waals surface area contributed by atoms with Gasteiger partial charge in [-0.25, -0.2) is 0 Å². The fourth-order valence-electron chi connectivity index (χ4n) is 1.62. The first-order chi connectivity index (χ1) is 8.58. The van der Waals surface area contributed by atoms with Gasteiger partial charge in [0.2, 0.25) is 0 Å². The molecule has 5 heteroatoms. The monoisotopic (exact) mass is 264 g/mol. The maximum absolute atomic E-state index is 12.2. The van der Waals surface area contributed by atoms with E-state index in [-0.39, 0.29) is 5.91 Å². The van der Waals surface area contributed by atoms with Crippen molar-refractivity contribution in [3.63, 3.8) is 0 Å². The number of aryl methyl sites for hydroxylation is 1. The minimum atomic E-state index is -0.159. The van der Waals surface area contributed by atoms with Gasteiger partial charge in [-0.05, 0) is 19.1 Å². The molecule has 0 saturated carbocycles. The van der Waals surface area contributed by atoms with E-state index in [0.717, 1.165) is 11.3 Å². The van der Waals surface area contributed by atoms with Crippen molar-refractivity contribution >= 4 is 17.5 Å². The average Bonchev–Trinajstić information content (AvgIpc) is 2.81. The molecular weight excluding hydrogens is 252 g/mol. The number of hydrogen-bond acceptors (Lipinski definition) is 3. The largest absolute Gasteiger partial charge is 0.472 e. The van der Waals surface area contributed by atoms with Crippen molar-refractivity contribution < 1.29 is 9.21 Å². The molecule has 0 spiro atoms. The minimum absolute atomic E-state index is 0.159. The van der Waals surface area contributed by atoms with Crippen molar-refractivity contribution in [1.82, 2.24) is 9.88 Å². The van der Waals surface area contributed by atoms with Crippen LogP contribution in [0.1, 0.15) is 21.6 Å². The Hall–Kier alpha value is -1.81. The highest BCUT2D eigenvalue weighted by molar-refractivity contribution is 6.33. The molecule has 0 atom stereocenters. The fourth-order valence-corrected chi connectivity index (χ4v) is 1.91. The molecule has 0 aliphatic rings. The number of amides is 1. The smallest absolute Gasteiger partial charge is 0.256 e. The van der Waals surface area contributed by atoms with Gasteiger partial charge in [0, 0.05) is 31.0 Å². The lowest BCUT2D eigenvalue weighted by molar-refractivity contribution is 0.0784. The fraction of sp³-hybridized carbons (Fsp3) is 0.231. The van der Waals surface area contributed by atoms with Crippen LogP contribution in [0.4, 0.5) is 0 Å². The second-order valence-corrected chi connectivity index (χ2v) is 4.51. The highest BCUT2D eigenvalue weighted by Gasteiger charge is 2.16. The maximum Gasteiger partial charge on any atom is 0.256 e. The standard InChI is InChI=1S/C13H13ClN2O2/c1-9-5-12(14)11(6-15-9)13(17)16(2)7-10-3-4-18-8-10/h3-6,8H,7H2,1-2H3. The molecule has 2 heterocycles. The van der Waals surface area contributed by atoms with Crippen LogP contribution in [0.5, 0.6) is 0 Å². The Bertz CT molecular complexity index is 552. The van der Waals surface area contributed by atoms with Gasteiger partial charge in [0.1, 0.15) is 0 Å². The normalized spacial score (nSPS) is 10.4. The van der Waals surface area contributed by atoms with E-state index < -0.39 is 0 Å². The lowest BCUT2D eigenvalue weighted by atomic mass is 10.2. The zero-order valence-electron chi connectivity index (χ0n) is 10.2. The molecule has 0 unspecified atom stereocenters. The summed E-state index contributed by atoms with van der Waals surface area (Å²) >= 11 is 6.04. The molecule has 4 nitrogen and oxygen atoms in total. The summed E-state index contributed by atoms with van der Waals surface area (Å²) in [7, 11) is 1.71. The van der Waals surface area contributed by atoms with Gasteiger partial charge < -0.3 is 9.32 Å². The molecule has 0 aliphatic carbocycles. The van der Waals surface area contributed by atoms with E-state index in [9.17, 15) is 4.79 Å². The molecule has 0 saturated heterocycles. The number of aromatic nitrogens is 1. The summed E-state index contributed by atoms with van der Waals surface area (Å²) in [5.41, 5.74) is 2.13. The van der Waals surface area contributed by atoms with Gasteiger partial charge in [-0.2, -0.15) is 0 Å². The lowest BCUT2D eigenvalue weighted by Crippen LogP contribution is -2.26. The van der Waals surface area contributed by atoms with Crippen molar-refractivity contribution in [2.75, 3.05) is 7.05 Å². The van der Waals surface area contributed by atoms with E-state index >= 15 is 0 Å². The van der Waals surface area contributed by atoms with Gasteiger partial charge in [-0.1, -0.05) is 11.6 Å². The van der Waals surface area contributed by atoms with Crippen molar-refractivity contribution in [3.05, 3.63) is 52.7 Å². The van der Waals surface area contributed by atoms with Gasteiger partial charge in [0.15, 0.2) is 0 Å². The Kier molecular flexibility index (Phi) is 3.67. The molecular formula is C13H13ClN2O2. The van der Waals surface area contributed by atoms with Crippen LogP contribution >= 0.6 is 11.6 Å². The highest BCUT2D eigenvalue weighted by atomic mass is 35.5. The highest BCUT2D eigenvalue weighted by Crippen LogP contribution is 2.18. The number of halogens is 1. The summed E-state index contributed by atoms with van der Waals surface area (Å²) < 4.78 is 4.96. The second kappa shape index (κ2) is 5.23. The first kappa shape index (κ1) is 12.6. The van der Waals surface area contributed by atoms with E-state index in [1.54, 1.807) is 30.5 Å². The predicted octanol–water partition coefficient (Wildman–Crippen LogP) is 2.91. The molecule has 0 radical (unpaired) electrons. The van der Waals surface area contributed by atoms with Crippen molar-refractivity contribution in [2.45, 2.75) is 13.5 Å². The Balaban J connectivity index is 2.15. The summed E-state index contributed by atoms with van der Waals surface area (Å²) in [6, 6.07) is 3.50. The maximum atomic E-state index is 12.2. The predicted molar refractivity (Wildman–Crippen MR) is 68.5 cm³/mol. The van der Waals surface area contributed by atoms with Crippen molar-refractivity contribution in [1.29, 1.82) is 0 Å². The molecule has 0 bridgehead atoms. The number of carbonyl (C=O) groups excluding carboxylic acids is 1. The molecule has 0 aromatic carbocycles. The number of nitrogens with zero attached hydrogens (tertiary/aromatic N) is 2. The number of carbonyl (C=O) groups is 1. The number of rotatable bonds is 3. The van der Waals surface area contributed by atoms with Crippen molar-refractivity contribution in [2.24, 2.45) is 0 Å². The molecule has 0 fully saturated rings. The lowest BCUT2D eigenvalue weighted by Gasteiger charge is -2.16. The van der Waals surface area contributed by atoms with Gasteiger partial charge in [-0.3, -0.25) is 9.78 Å². The van der Waals surface area contributed by atoms with Crippen LogP contribution in [0.2, 0.25) is 5.02 Å². The van der Waals surface area contributed by atoms with E-state index in [4.69, 9.17) is 16.0 Å². The van der Waals surface area contributed by atoms with Crippen LogP contribution in [-0.4, -0.2) is 22.8 Å². The van der Waals surface area contributed by atoms with E-state index in [2.05, 4.69) is 4.98 Å². The first-order valence-electron chi connectivity index (χ1n) is 5.46. The molecule has 94 valence electrons. The number of hydrogen-bond donors (Lipinski definition) is 0. The summed E-state index contributed by atoms with van der Waals surface area (Å²) in [6.07, 6.45) is 4.69. The van der Waals surface area contributed by atoms with E-state index in [1.165, 1.54) is 6.20 Å². The van der Waals surface area contributed by atoms with E-state index in [1.807, 2.05) is 13.0 Å². The third-order valence-electron chi connectivity index (χ3n) is 2.57. The zero-order valence-corrected chi connectivity index (χ0v) is 10.9. The summed E-state index contributed by atoms with van der Waals surface area (Å²) in [5, 5.41) is 0.423. The quantitative estimate of drug-likeness (QED) is 0.856. The summed E-state index contributed by atoms with van der Waals surface area (Å²) in [4.78, 5) is 17.8. The minimum Gasteiger partial charge on any atom is -0.472 e. The molecule has 0 aliphatic heterocycles. The van der Waals surface area contributed by atoms with Gasteiger partial charge in [-0.15, -0.1) is 0 Å². The van der Waals surface area contributed by atoms with Crippen molar-refractivity contribution in [3.8, 4) is 0 Å². The molecule has 2 rings (SSSR count). The third-order valence-corrected chi connectivity index (χ3v) is 2.88. The first-order valence-corrected chi connectivity index (χ1v) is 5.84. The number of furan rings is 1. The Morgan fingerprint density at radius 3 is 2.94 bits per heavy atom. The van der Waals surface area contributed by atoms with Crippen LogP contribution in [0.3, 0.4) is 0 Å². The topological polar surface area (TPSA) is 46.3 Å². The Labute approximate surface area is 110 Å². The number of pyridine rings is 1. The molecule has 2 aromatic rings. The van der Waals surface area contributed by atoms with Crippen LogP contribution in [0, 0.1) is 6.92 Å². The van der Waals surface area contributed by atoms with Crippen LogP contribution < -0.4 is 0 Å². The van der Waals surface area contributed by atoms with Crippen LogP contribution in [-0.2, 0) is 6.54 Å². The van der Waals surface area contributed by atoms with Gasteiger partial charge >= 0.3 is 0 Å². The van der Waals surface area contributed by atoms with Gasteiger partial charge in [0.05, 0.1) is 23.1 Å². The van der Waals surface area contributed by atoms with Crippen LogP contribution in [0.25, 0.3) is 0 Å².